The molecule has 3 rings (SSSR count). The molecule has 1 unspecified atom stereocenters. The topological polar surface area (TPSA) is 15.7 Å². The van der Waals surface area contributed by atoms with Crippen LogP contribution in [0.2, 0.25) is 0 Å². The van der Waals surface area contributed by atoms with Crippen molar-refractivity contribution in [1.29, 1.82) is 0 Å². The van der Waals surface area contributed by atoms with Gasteiger partial charge in [0.05, 0.1) is 6.10 Å². The van der Waals surface area contributed by atoms with Crippen molar-refractivity contribution in [1.82, 2.24) is 4.90 Å². The van der Waals surface area contributed by atoms with Crippen molar-refractivity contribution in [2.75, 3.05) is 44.7 Å². The van der Waals surface area contributed by atoms with Crippen molar-refractivity contribution < 1.29 is 4.74 Å². The van der Waals surface area contributed by atoms with Gasteiger partial charge in [-0.15, -0.1) is 0 Å². The van der Waals surface area contributed by atoms with Crippen LogP contribution in [0.15, 0.2) is 48.5 Å². The van der Waals surface area contributed by atoms with Gasteiger partial charge < -0.3 is 9.64 Å². The van der Waals surface area contributed by atoms with E-state index in [4.69, 9.17) is 4.74 Å². The molecule has 1 aliphatic heterocycles. The van der Waals surface area contributed by atoms with Crippen LogP contribution in [0, 0.1) is 13.8 Å². The molecule has 2 aromatic carbocycles. The normalized spacial score (nSPS) is 16.8. The van der Waals surface area contributed by atoms with Crippen LogP contribution in [0.3, 0.4) is 0 Å². The molecule has 3 nitrogen and oxygen atoms in total. The second kappa shape index (κ2) is 8.50. The number of rotatable bonds is 6. The zero-order valence-corrected chi connectivity index (χ0v) is 15.7. The highest BCUT2D eigenvalue weighted by Crippen LogP contribution is 2.23. The van der Waals surface area contributed by atoms with Gasteiger partial charge in [0, 0.05) is 45.5 Å². The van der Waals surface area contributed by atoms with E-state index in [0.717, 1.165) is 39.1 Å². The number of para-hydroxylation sites is 1. The van der Waals surface area contributed by atoms with Crippen molar-refractivity contribution in [3.8, 4) is 0 Å². The first-order valence-corrected chi connectivity index (χ1v) is 9.29. The smallest absolute Gasteiger partial charge is 0.0833 e. The molecule has 0 radical (unpaired) electrons. The lowest BCUT2D eigenvalue weighted by molar-refractivity contribution is 0.0822. The van der Waals surface area contributed by atoms with E-state index in [2.05, 4.69) is 72.2 Å². The van der Waals surface area contributed by atoms with Crippen LogP contribution < -0.4 is 4.90 Å². The Bertz CT molecular complexity index is 660. The van der Waals surface area contributed by atoms with Gasteiger partial charge in [-0.1, -0.05) is 48.0 Å². The summed E-state index contributed by atoms with van der Waals surface area (Å²) in [6, 6.07) is 17.4. The summed E-state index contributed by atoms with van der Waals surface area (Å²) in [5, 5.41) is 0. The predicted molar refractivity (Wildman–Crippen MR) is 105 cm³/mol. The monoisotopic (exact) mass is 338 g/mol. The standard InChI is InChI=1S/C22H30N2O/c1-18-8-10-20(11-9-18)22(25-3)12-13-23-14-16-24(17-15-23)21-7-5-4-6-19(21)2/h4-11,22H,12-17H2,1-3H3. The van der Waals surface area contributed by atoms with Gasteiger partial charge in [-0.05, 0) is 37.5 Å². The van der Waals surface area contributed by atoms with Crippen molar-refractivity contribution in [2.24, 2.45) is 0 Å². The number of hydrogen-bond acceptors (Lipinski definition) is 3. The number of anilines is 1. The van der Waals surface area contributed by atoms with Gasteiger partial charge >= 0.3 is 0 Å². The fourth-order valence-corrected chi connectivity index (χ4v) is 3.63. The molecule has 0 saturated carbocycles. The van der Waals surface area contributed by atoms with Gasteiger partial charge in [-0.25, -0.2) is 0 Å². The quantitative estimate of drug-likeness (QED) is 0.785. The molecule has 134 valence electrons. The average molecular weight is 338 g/mol. The minimum Gasteiger partial charge on any atom is -0.377 e. The molecule has 1 heterocycles. The van der Waals surface area contributed by atoms with E-state index >= 15 is 0 Å². The summed E-state index contributed by atoms with van der Waals surface area (Å²) in [5.74, 6) is 0. The number of nitrogens with zero attached hydrogens (tertiary/aromatic N) is 2. The van der Waals surface area contributed by atoms with Crippen LogP contribution in [0.4, 0.5) is 5.69 Å². The third-order valence-electron chi connectivity index (χ3n) is 5.27. The van der Waals surface area contributed by atoms with Crippen LogP contribution in [0.5, 0.6) is 0 Å². The van der Waals surface area contributed by atoms with E-state index in [9.17, 15) is 0 Å². The van der Waals surface area contributed by atoms with E-state index in [0.29, 0.717) is 0 Å². The summed E-state index contributed by atoms with van der Waals surface area (Å²) in [6.07, 6.45) is 1.24. The molecule has 0 N–H and O–H groups in total. The average Bonchev–Trinajstić information content (AvgIpc) is 2.65. The lowest BCUT2D eigenvalue weighted by Gasteiger charge is -2.37. The van der Waals surface area contributed by atoms with Gasteiger partial charge in [0.1, 0.15) is 0 Å². The predicted octanol–water partition coefficient (Wildman–Crippen LogP) is 4.20. The molecule has 0 aliphatic carbocycles. The van der Waals surface area contributed by atoms with Gasteiger partial charge in [0.25, 0.3) is 0 Å². The largest absolute Gasteiger partial charge is 0.377 e. The number of methoxy groups -OCH3 is 1. The van der Waals surface area contributed by atoms with Crippen molar-refractivity contribution in [2.45, 2.75) is 26.4 Å². The minimum absolute atomic E-state index is 0.190. The highest BCUT2D eigenvalue weighted by molar-refractivity contribution is 5.53. The number of benzene rings is 2. The van der Waals surface area contributed by atoms with E-state index in [1.807, 2.05) is 7.11 Å². The lowest BCUT2D eigenvalue weighted by atomic mass is 10.0. The minimum atomic E-state index is 0.190. The van der Waals surface area contributed by atoms with E-state index in [1.165, 1.54) is 22.4 Å². The molecule has 1 atom stereocenters. The van der Waals surface area contributed by atoms with Crippen LogP contribution >= 0.6 is 0 Å². The molecule has 1 fully saturated rings. The highest BCUT2D eigenvalue weighted by Gasteiger charge is 2.19. The second-order valence-corrected chi connectivity index (χ2v) is 7.04. The second-order valence-electron chi connectivity index (χ2n) is 7.04. The maximum absolute atomic E-state index is 5.74. The Morgan fingerprint density at radius 1 is 0.920 bits per heavy atom. The van der Waals surface area contributed by atoms with E-state index < -0.39 is 0 Å². The Morgan fingerprint density at radius 3 is 2.24 bits per heavy atom. The number of aryl methyl sites for hydroxylation is 2. The molecule has 3 heteroatoms. The van der Waals surface area contributed by atoms with Gasteiger partial charge in [0.15, 0.2) is 0 Å². The summed E-state index contributed by atoms with van der Waals surface area (Å²) >= 11 is 0. The lowest BCUT2D eigenvalue weighted by Crippen LogP contribution is -2.47. The molecule has 0 aromatic heterocycles. The molecular formula is C22H30N2O. The number of piperazine rings is 1. The fraction of sp³-hybridized carbons (Fsp3) is 0.455. The SMILES string of the molecule is COC(CCN1CCN(c2ccccc2C)CC1)c1ccc(C)cc1. The zero-order chi connectivity index (χ0) is 17.6. The molecule has 0 amide bonds. The Balaban J connectivity index is 1.50. The summed E-state index contributed by atoms with van der Waals surface area (Å²) in [5.41, 5.74) is 5.34. The third kappa shape index (κ3) is 4.62. The molecule has 0 bridgehead atoms. The summed E-state index contributed by atoms with van der Waals surface area (Å²) in [6.45, 7) is 9.87. The molecule has 1 aliphatic rings. The van der Waals surface area contributed by atoms with Gasteiger partial charge in [-0.2, -0.15) is 0 Å². The molecular weight excluding hydrogens is 308 g/mol. The van der Waals surface area contributed by atoms with E-state index in [-0.39, 0.29) is 6.10 Å². The Morgan fingerprint density at radius 2 is 1.60 bits per heavy atom. The number of ether oxygens (including phenoxy) is 1. The summed E-state index contributed by atoms with van der Waals surface area (Å²) in [7, 11) is 1.82. The van der Waals surface area contributed by atoms with Crippen molar-refractivity contribution in [3.05, 3.63) is 65.2 Å². The first kappa shape index (κ1) is 18.0. The summed E-state index contributed by atoms with van der Waals surface area (Å²) < 4.78 is 5.74. The molecule has 25 heavy (non-hydrogen) atoms. The molecule has 0 spiro atoms. The first-order chi connectivity index (χ1) is 12.2. The van der Waals surface area contributed by atoms with Crippen molar-refractivity contribution >= 4 is 5.69 Å². The third-order valence-corrected chi connectivity index (χ3v) is 5.27. The van der Waals surface area contributed by atoms with Crippen LogP contribution in [0.25, 0.3) is 0 Å². The zero-order valence-electron chi connectivity index (χ0n) is 15.7. The van der Waals surface area contributed by atoms with E-state index in [1.54, 1.807) is 0 Å². The summed E-state index contributed by atoms with van der Waals surface area (Å²) in [4.78, 5) is 5.08. The maximum atomic E-state index is 5.74. The Labute approximate surface area is 152 Å². The number of hydrogen-bond donors (Lipinski definition) is 0. The van der Waals surface area contributed by atoms with Crippen molar-refractivity contribution in [3.63, 3.8) is 0 Å². The Hall–Kier alpha value is -1.84. The van der Waals surface area contributed by atoms with Gasteiger partial charge in [-0.3, -0.25) is 4.90 Å². The molecule has 2 aromatic rings. The maximum Gasteiger partial charge on any atom is 0.0833 e. The van der Waals surface area contributed by atoms with Crippen LogP contribution in [-0.2, 0) is 4.74 Å². The molecule has 1 saturated heterocycles. The highest BCUT2D eigenvalue weighted by atomic mass is 16.5. The van der Waals surface area contributed by atoms with Crippen LogP contribution in [-0.4, -0.2) is 44.7 Å². The van der Waals surface area contributed by atoms with Crippen LogP contribution in [0.1, 0.15) is 29.2 Å². The first-order valence-electron chi connectivity index (χ1n) is 9.29. The van der Waals surface area contributed by atoms with Gasteiger partial charge in [0.2, 0.25) is 0 Å². The Kier molecular flexibility index (Phi) is 6.11. The fourth-order valence-electron chi connectivity index (χ4n) is 3.63.